The first-order valence-electron chi connectivity index (χ1n) is 5.83. The van der Waals surface area contributed by atoms with E-state index in [1.165, 1.54) is 0 Å². The van der Waals surface area contributed by atoms with Crippen LogP contribution in [0.3, 0.4) is 0 Å². The number of fused-ring (bicyclic) bond motifs is 1. The number of carbonyl (C=O) groups excluding carboxylic acids is 1. The normalized spacial score (nSPS) is 10.2. The Labute approximate surface area is 111 Å². The van der Waals surface area contributed by atoms with Gasteiger partial charge < -0.3 is 19.8 Å². The van der Waals surface area contributed by atoms with E-state index in [1.807, 2.05) is 0 Å². The second-order valence-electron chi connectivity index (χ2n) is 3.95. The molecule has 0 aliphatic rings. The van der Waals surface area contributed by atoms with Crippen LogP contribution in [0, 0.1) is 0 Å². The van der Waals surface area contributed by atoms with Gasteiger partial charge in [0.05, 0.1) is 25.3 Å². The van der Waals surface area contributed by atoms with Gasteiger partial charge in [-0.05, 0) is 6.07 Å². The quantitative estimate of drug-likeness (QED) is 0.809. The van der Waals surface area contributed by atoms with Crippen LogP contribution in [0.15, 0.2) is 31.0 Å². The van der Waals surface area contributed by atoms with Crippen LogP contribution in [-0.2, 0) is 0 Å². The van der Waals surface area contributed by atoms with Crippen LogP contribution < -0.4 is 14.8 Å². The Balaban J connectivity index is 2.47. The number of hydrogen-bond donors (Lipinski definition) is 2. The largest absolute Gasteiger partial charge is 0.493 e. The molecule has 19 heavy (non-hydrogen) atoms. The molecule has 100 valence electrons. The lowest BCUT2D eigenvalue weighted by atomic mass is 10.1. The van der Waals surface area contributed by atoms with Gasteiger partial charge in [-0.15, -0.1) is 6.58 Å². The van der Waals surface area contributed by atoms with E-state index in [0.717, 1.165) is 10.9 Å². The Hall–Kier alpha value is -2.43. The van der Waals surface area contributed by atoms with Gasteiger partial charge in [0.25, 0.3) is 5.91 Å². The highest BCUT2D eigenvalue weighted by Gasteiger charge is 2.14. The zero-order valence-corrected chi connectivity index (χ0v) is 10.9. The number of nitrogens with one attached hydrogen (secondary N) is 2. The summed E-state index contributed by atoms with van der Waals surface area (Å²) in [5.74, 6) is 1.06. The molecular weight excluding hydrogens is 244 g/mol. The standard InChI is InChI=1S/C14H16N2O3/c1-4-5-15-14(17)10-8-16-11-7-13(19-3)12(18-2)6-9(10)11/h4,6-8,16H,1,5H2,2-3H3,(H,15,17). The van der Waals surface area contributed by atoms with Gasteiger partial charge in [-0.3, -0.25) is 4.79 Å². The summed E-state index contributed by atoms with van der Waals surface area (Å²) < 4.78 is 10.5. The highest BCUT2D eigenvalue weighted by Crippen LogP contribution is 2.33. The van der Waals surface area contributed by atoms with E-state index in [9.17, 15) is 4.79 Å². The number of aromatic nitrogens is 1. The third-order valence-electron chi connectivity index (χ3n) is 2.84. The average Bonchev–Trinajstić information content (AvgIpc) is 2.85. The number of ether oxygens (including phenoxy) is 2. The second kappa shape index (κ2) is 5.48. The number of benzene rings is 1. The first-order valence-corrected chi connectivity index (χ1v) is 5.83. The molecule has 5 nitrogen and oxygen atoms in total. The molecule has 0 saturated carbocycles. The lowest BCUT2D eigenvalue weighted by molar-refractivity contribution is 0.0959. The number of hydrogen-bond acceptors (Lipinski definition) is 3. The lowest BCUT2D eigenvalue weighted by Gasteiger charge is -2.08. The molecule has 0 aliphatic carbocycles. The van der Waals surface area contributed by atoms with Crippen molar-refractivity contribution < 1.29 is 14.3 Å². The first-order chi connectivity index (χ1) is 9.21. The molecule has 5 heteroatoms. The fourth-order valence-corrected chi connectivity index (χ4v) is 1.90. The van der Waals surface area contributed by atoms with Gasteiger partial charge in [0, 0.05) is 24.2 Å². The molecule has 1 aromatic heterocycles. The van der Waals surface area contributed by atoms with Crippen molar-refractivity contribution in [2.45, 2.75) is 0 Å². The fraction of sp³-hybridized carbons (Fsp3) is 0.214. The van der Waals surface area contributed by atoms with E-state index in [2.05, 4.69) is 16.9 Å². The van der Waals surface area contributed by atoms with Crippen molar-refractivity contribution in [2.75, 3.05) is 20.8 Å². The van der Waals surface area contributed by atoms with Crippen LogP contribution >= 0.6 is 0 Å². The van der Waals surface area contributed by atoms with Gasteiger partial charge in [0.2, 0.25) is 0 Å². The second-order valence-corrected chi connectivity index (χ2v) is 3.95. The van der Waals surface area contributed by atoms with E-state index in [-0.39, 0.29) is 5.91 Å². The molecule has 2 aromatic rings. The van der Waals surface area contributed by atoms with Crippen molar-refractivity contribution in [1.82, 2.24) is 10.3 Å². The maximum Gasteiger partial charge on any atom is 0.253 e. The molecule has 0 aliphatic heterocycles. The van der Waals surface area contributed by atoms with E-state index in [4.69, 9.17) is 9.47 Å². The molecule has 0 unspecified atom stereocenters. The predicted octanol–water partition coefficient (Wildman–Crippen LogP) is 2.10. The van der Waals surface area contributed by atoms with Crippen LogP contribution in [0.25, 0.3) is 10.9 Å². The lowest BCUT2D eigenvalue weighted by Crippen LogP contribution is -2.22. The third kappa shape index (κ3) is 2.40. The van der Waals surface area contributed by atoms with Crippen LogP contribution in [0.2, 0.25) is 0 Å². The van der Waals surface area contributed by atoms with Crippen molar-refractivity contribution in [2.24, 2.45) is 0 Å². The number of carbonyl (C=O) groups is 1. The summed E-state index contributed by atoms with van der Waals surface area (Å²) >= 11 is 0. The van der Waals surface area contributed by atoms with Gasteiger partial charge >= 0.3 is 0 Å². The predicted molar refractivity (Wildman–Crippen MR) is 73.9 cm³/mol. The molecule has 0 atom stereocenters. The fourth-order valence-electron chi connectivity index (χ4n) is 1.90. The van der Waals surface area contributed by atoms with Crippen LogP contribution in [0.5, 0.6) is 11.5 Å². The number of aromatic amines is 1. The smallest absolute Gasteiger partial charge is 0.253 e. The molecular formula is C14H16N2O3. The summed E-state index contributed by atoms with van der Waals surface area (Å²) in [7, 11) is 3.14. The molecule has 2 rings (SSSR count). The average molecular weight is 260 g/mol. The van der Waals surface area contributed by atoms with Gasteiger partial charge in [0.1, 0.15) is 0 Å². The summed E-state index contributed by atoms with van der Waals surface area (Å²) in [6.45, 7) is 4.00. The Morgan fingerprint density at radius 2 is 2.05 bits per heavy atom. The minimum absolute atomic E-state index is 0.154. The number of amides is 1. The van der Waals surface area contributed by atoms with Crippen molar-refractivity contribution >= 4 is 16.8 Å². The summed E-state index contributed by atoms with van der Waals surface area (Å²) in [6.07, 6.45) is 3.30. The van der Waals surface area contributed by atoms with Crippen LogP contribution in [-0.4, -0.2) is 31.7 Å². The zero-order valence-electron chi connectivity index (χ0n) is 10.9. The van der Waals surface area contributed by atoms with E-state index < -0.39 is 0 Å². The van der Waals surface area contributed by atoms with Gasteiger partial charge in [-0.2, -0.15) is 0 Å². The van der Waals surface area contributed by atoms with E-state index in [0.29, 0.717) is 23.6 Å². The summed E-state index contributed by atoms with van der Waals surface area (Å²) in [5, 5.41) is 3.53. The Kier molecular flexibility index (Phi) is 3.75. The molecule has 0 spiro atoms. The monoisotopic (exact) mass is 260 g/mol. The highest BCUT2D eigenvalue weighted by molar-refractivity contribution is 6.07. The van der Waals surface area contributed by atoms with E-state index >= 15 is 0 Å². The van der Waals surface area contributed by atoms with Crippen molar-refractivity contribution in [3.63, 3.8) is 0 Å². The third-order valence-corrected chi connectivity index (χ3v) is 2.84. The molecule has 0 radical (unpaired) electrons. The minimum Gasteiger partial charge on any atom is -0.493 e. The van der Waals surface area contributed by atoms with Crippen LogP contribution in [0.1, 0.15) is 10.4 Å². The maximum absolute atomic E-state index is 12.0. The molecule has 1 heterocycles. The van der Waals surface area contributed by atoms with Gasteiger partial charge in [0.15, 0.2) is 11.5 Å². The maximum atomic E-state index is 12.0. The zero-order chi connectivity index (χ0) is 13.8. The van der Waals surface area contributed by atoms with Gasteiger partial charge in [-0.25, -0.2) is 0 Å². The van der Waals surface area contributed by atoms with Crippen molar-refractivity contribution in [1.29, 1.82) is 0 Å². The van der Waals surface area contributed by atoms with Gasteiger partial charge in [-0.1, -0.05) is 6.08 Å². The minimum atomic E-state index is -0.154. The highest BCUT2D eigenvalue weighted by atomic mass is 16.5. The molecule has 1 aromatic carbocycles. The van der Waals surface area contributed by atoms with Crippen molar-refractivity contribution in [3.8, 4) is 11.5 Å². The summed E-state index contributed by atoms with van der Waals surface area (Å²) in [5.41, 5.74) is 1.39. The Morgan fingerprint density at radius 3 is 2.68 bits per heavy atom. The topological polar surface area (TPSA) is 63.4 Å². The number of methoxy groups -OCH3 is 2. The molecule has 0 saturated heterocycles. The first kappa shape index (κ1) is 13.0. The number of rotatable bonds is 5. The van der Waals surface area contributed by atoms with E-state index in [1.54, 1.807) is 38.6 Å². The summed E-state index contributed by atoms with van der Waals surface area (Å²) in [4.78, 5) is 15.0. The van der Waals surface area contributed by atoms with Crippen LogP contribution in [0.4, 0.5) is 0 Å². The van der Waals surface area contributed by atoms with Crippen molar-refractivity contribution in [3.05, 3.63) is 36.5 Å². The Morgan fingerprint density at radius 1 is 1.37 bits per heavy atom. The number of H-pyrrole nitrogens is 1. The Bertz CT molecular complexity index is 616. The summed E-state index contributed by atoms with van der Waals surface area (Å²) in [6, 6.07) is 3.59. The molecule has 1 amide bonds. The SMILES string of the molecule is C=CCNC(=O)c1c[nH]c2cc(OC)c(OC)cc12. The molecule has 0 fully saturated rings. The molecule has 2 N–H and O–H groups in total. The molecule has 0 bridgehead atoms.